The van der Waals surface area contributed by atoms with Gasteiger partial charge in [0.25, 0.3) is 0 Å². The van der Waals surface area contributed by atoms with Crippen molar-refractivity contribution < 1.29 is 0 Å². The van der Waals surface area contributed by atoms with Crippen molar-refractivity contribution >= 4 is 0 Å². The molecule has 0 saturated carbocycles. The van der Waals surface area contributed by atoms with Crippen LogP contribution in [0.15, 0.2) is 18.6 Å². The van der Waals surface area contributed by atoms with E-state index in [0.717, 1.165) is 11.5 Å². The molecule has 0 radical (unpaired) electrons. The standard InChI is InChI=1S/C11H18N6/c1-8(2)17-11(13-7-14-17)6-9(12)10-4-5-16(3)15-10/h4-5,7-9H,6,12H2,1-3H3. The Morgan fingerprint density at radius 1 is 1.41 bits per heavy atom. The second-order valence-electron chi connectivity index (χ2n) is 4.44. The molecule has 2 N–H and O–H groups in total. The Balaban J connectivity index is 2.13. The third kappa shape index (κ3) is 2.52. The molecule has 1 unspecified atom stereocenters. The first-order valence-corrected chi connectivity index (χ1v) is 5.71. The zero-order valence-corrected chi connectivity index (χ0v) is 10.4. The van der Waals surface area contributed by atoms with E-state index in [9.17, 15) is 0 Å². The van der Waals surface area contributed by atoms with E-state index in [1.165, 1.54) is 0 Å². The van der Waals surface area contributed by atoms with E-state index in [1.54, 1.807) is 11.0 Å². The molecule has 0 amide bonds. The van der Waals surface area contributed by atoms with Crippen molar-refractivity contribution in [2.45, 2.75) is 32.4 Å². The summed E-state index contributed by atoms with van der Waals surface area (Å²) in [6.07, 6.45) is 4.11. The molecule has 0 aliphatic heterocycles. The molecule has 2 heterocycles. The summed E-state index contributed by atoms with van der Waals surface area (Å²) in [5, 5.41) is 8.49. The van der Waals surface area contributed by atoms with Crippen molar-refractivity contribution in [2.75, 3.05) is 0 Å². The van der Waals surface area contributed by atoms with Gasteiger partial charge in [0.1, 0.15) is 12.2 Å². The average Bonchev–Trinajstić information content (AvgIpc) is 2.86. The Kier molecular flexibility index (Phi) is 3.23. The minimum atomic E-state index is -0.141. The molecule has 6 heteroatoms. The monoisotopic (exact) mass is 234 g/mol. The quantitative estimate of drug-likeness (QED) is 0.850. The summed E-state index contributed by atoms with van der Waals surface area (Å²) in [7, 11) is 1.88. The molecule has 0 aliphatic rings. The Bertz CT molecular complexity index is 484. The summed E-state index contributed by atoms with van der Waals surface area (Å²) >= 11 is 0. The maximum absolute atomic E-state index is 6.11. The highest BCUT2D eigenvalue weighted by Gasteiger charge is 2.15. The predicted octanol–water partition coefficient (Wildman–Crippen LogP) is 0.835. The molecule has 0 saturated heterocycles. The molecule has 2 aromatic heterocycles. The molecule has 0 fully saturated rings. The summed E-state index contributed by atoms with van der Waals surface area (Å²) in [5.74, 6) is 0.901. The summed E-state index contributed by atoms with van der Waals surface area (Å²) in [6.45, 7) is 4.15. The van der Waals surface area contributed by atoms with Gasteiger partial charge >= 0.3 is 0 Å². The highest BCUT2D eigenvalue weighted by Crippen LogP contribution is 2.14. The fourth-order valence-electron chi connectivity index (χ4n) is 1.78. The van der Waals surface area contributed by atoms with Gasteiger partial charge in [0.05, 0.1) is 11.7 Å². The number of aryl methyl sites for hydroxylation is 1. The number of hydrogen-bond donors (Lipinski definition) is 1. The highest BCUT2D eigenvalue weighted by atomic mass is 15.3. The van der Waals surface area contributed by atoms with Crippen LogP contribution >= 0.6 is 0 Å². The second-order valence-corrected chi connectivity index (χ2v) is 4.44. The van der Waals surface area contributed by atoms with Crippen LogP contribution in [-0.4, -0.2) is 24.5 Å². The summed E-state index contributed by atoms with van der Waals surface area (Å²) in [4.78, 5) is 4.25. The fourth-order valence-corrected chi connectivity index (χ4v) is 1.78. The van der Waals surface area contributed by atoms with Crippen LogP contribution in [0.1, 0.15) is 37.4 Å². The van der Waals surface area contributed by atoms with Gasteiger partial charge in [0.15, 0.2) is 0 Å². The van der Waals surface area contributed by atoms with Crippen molar-refractivity contribution in [1.82, 2.24) is 24.5 Å². The summed E-state index contributed by atoms with van der Waals surface area (Å²) in [6, 6.07) is 2.09. The molecular weight excluding hydrogens is 216 g/mol. The third-order valence-corrected chi connectivity index (χ3v) is 2.65. The minimum absolute atomic E-state index is 0.141. The van der Waals surface area contributed by atoms with E-state index < -0.39 is 0 Å². The molecular formula is C11H18N6. The van der Waals surface area contributed by atoms with Crippen LogP contribution < -0.4 is 5.73 Å². The van der Waals surface area contributed by atoms with Crippen LogP contribution in [0.2, 0.25) is 0 Å². The van der Waals surface area contributed by atoms with Crippen molar-refractivity contribution in [3.63, 3.8) is 0 Å². The zero-order valence-electron chi connectivity index (χ0n) is 10.4. The predicted molar refractivity (Wildman–Crippen MR) is 64.2 cm³/mol. The SMILES string of the molecule is CC(C)n1ncnc1CC(N)c1ccn(C)n1. The van der Waals surface area contributed by atoms with Gasteiger partial charge in [-0.1, -0.05) is 0 Å². The lowest BCUT2D eigenvalue weighted by atomic mass is 10.1. The van der Waals surface area contributed by atoms with Crippen molar-refractivity contribution in [2.24, 2.45) is 12.8 Å². The van der Waals surface area contributed by atoms with Gasteiger partial charge in [-0.2, -0.15) is 10.2 Å². The molecule has 2 aromatic rings. The number of nitrogens with zero attached hydrogens (tertiary/aromatic N) is 5. The van der Waals surface area contributed by atoms with Crippen LogP contribution in [-0.2, 0) is 13.5 Å². The molecule has 17 heavy (non-hydrogen) atoms. The van der Waals surface area contributed by atoms with Gasteiger partial charge in [-0.15, -0.1) is 0 Å². The molecule has 0 aromatic carbocycles. The molecule has 2 rings (SSSR count). The van der Waals surface area contributed by atoms with E-state index in [-0.39, 0.29) is 6.04 Å². The molecule has 92 valence electrons. The van der Waals surface area contributed by atoms with E-state index in [4.69, 9.17) is 5.73 Å². The van der Waals surface area contributed by atoms with Gasteiger partial charge in [-0.05, 0) is 19.9 Å². The molecule has 0 aliphatic carbocycles. The Morgan fingerprint density at radius 3 is 2.76 bits per heavy atom. The van der Waals surface area contributed by atoms with E-state index in [1.807, 2.05) is 24.0 Å². The Labute approximate surface area is 100 Å². The van der Waals surface area contributed by atoms with E-state index in [0.29, 0.717) is 12.5 Å². The lowest BCUT2D eigenvalue weighted by Crippen LogP contribution is -2.18. The zero-order chi connectivity index (χ0) is 12.4. The van der Waals surface area contributed by atoms with E-state index >= 15 is 0 Å². The molecule has 0 spiro atoms. The lowest BCUT2D eigenvalue weighted by Gasteiger charge is -2.12. The van der Waals surface area contributed by atoms with Crippen molar-refractivity contribution in [3.05, 3.63) is 30.1 Å². The summed E-state index contributed by atoms with van der Waals surface area (Å²) < 4.78 is 3.64. The highest BCUT2D eigenvalue weighted by molar-refractivity contribution is 5.07. The normalized spacial score (nSPS) is 13.2. The topological polar surface area (TPSA) is 74.6 Å². The van der Waals surface area contributed by atoms with Crippen LogP contribution in [0, 0.1) is 0 Å². The third-order valence-electron chi connectivity index (χ3n) is 2.65. The van der Waals surface area contributed by atoms with Crippen molar-refractivity contribution in [1.29, 1.82) is 0 Å². The summed E-state index contributed by atoms with van der Waals surface area (Å²) in [5.41, 5.74) is 6.99. The molecule has 1 atom stereocenters. The average molecular weight is 234 g/mol. The number of hydrogen-bond acceptors (Lipinski definition) is 4. The maximum Gasteiger partial charge on any atom is 0.138 e. The van der Waals surface area contributed by atoms with Gasteiger partial charge in [0.2, 0.25) is 0 Å². The fraction of sp³-hybridized carbons (Fsp3) is 0.545. The van der Waals surface area contributed by atoms with Crippen LogP contribution in [0.25, 0.3) is 0 Å². The molecule has 0 bridgehead atoms. The van der Waals surface area contributed by atoms with Gasteiger partial charge < -0.3 is 5.73 Å². The minimum Gasteiger partial charge on any atom is -0.322 e. The Hall–Kier alpha value is -1.69. The number of rotatable bonds is 4. The van der Waals surface area contributed by atoms with Gasteiger partial charge in [-0.25, -0.2) is 9.67 Å². The smallest absolute Gasteiger partial charge is 0.138 e. The van der Waals surface area contributed by atoms with Crippen molar-refractivity contribution in [3.8, 4) is 0 Å². The largest absolute Gasteiger partial charge is 0.322 e. The van der Waals surface area contributed by atoms with E-state index in [2.05, 4.69) is 29.0 Å². The first kappa shape index (κ1) is 11.8. The van der Waals surface area contributed by atoms with Crippen LogP contribution in [0.4, 0.5) is 0 Å². The van der Waals surface area contributed by atoms with Gasteiger partial charge in [0, 0.05) is 25.7 Å². The van der Waals surface area contributed by atoms with Crippen LogP contribution in [0.3, 0.4) is 0 Å². The Morgan fingerprint density at radius 2 is 2.18 bits per heavy atom. The first-order chi connectivity index (χ1) is 8.08. The van der Waals surface area contributed by atoms with Gasteiger partial charge in [-0.3, -0.25) is 4.68 Å². The first-order valence-electron chi connectivity index (χ1n) is 5.71. The van der Waals surface area contributed by atoms with Crippen LogP contribution in [0.5, 0.6) is 0 Å². The maximum atomic E-state index is 6.11. The molecule has 6 nitrogen and oxygen atoms in total. The number of aromatic nitrogens is 5. The lowest BCUT2D eigenvalue weighted by molar-refractivity contribution is 0.490. The second kappa shape index (κ2) is 4.67. The number of nitrogens with two attached hydrogens (primary N) is 1.